The highest BCUT2D eigenvalue weighted by molar-refractivity contribution is 5.78. The average molecular weight is 279 g/mol. The van der Waals surface area contributed by atoms with Crippen LogP contribution in [0.15, 0.2) is 18.2 Å². The number of phenolic OH excluding ortho intramolecular Hbond substituents is 1. The molecule has 0 aromatic heterocycles. The van der Waals surface area contributed by atoms with E-state index in [4.69, 9.17) is 9.47 Å². The maximum Gasteiger partial charge on any atom is 0.327 e. The molecule has 0 amide bonds. The molecule has 1 fully saturated rings. The van der Waals surface area contributed by atoms with E-state index >= 15 is 0 Å². The molecule has 5 heteroatoms. The van der Waals surface area contributed by atoms with Crippen LogP contribution >= 0.6 is 0 Å². The Bertz CT molecular complexity index is 471. The normalized spacial score (nSPS) is 15.7. The van der Waals surface area contributed by atoms with Crippen LogP contribution < -0.4 is 10.1 Å². The first-order chi connectivity index (χ1) is 9.65. The Morgan fingerprint density at radius 2 is 2.15 bits per heavy atom. The number of hydrogen-bond acceptors (Lipinski definition) is 5. The molecular formula is C15H21NO4. The lowest BCUT2D eigenvalue weighted by molar-refractivity contribution is -0.145. The van der Waals surface area contributed by atoms with Gasteiger partial charge in [0.15, 0.2) is 11.5 Å². The molecular weight excluding hydrogens is 258 g/mol. The summed E-state index contributed by atoms with van der Waals surface area (Å²) < 4.78 is 10.5. The van der Waals surface area contributed by atoms with E-state index < -0.39 is 6.04 Å². The summed E-state index contributed by atoms with van der Waals surface area (Å²) in [6.07, 6.45) is 2.15. The molecule has 0 radical (unpaired) electrons. The highest BCUT2D eigenvalue weighted by atomic mass is 16.5. The van der Waals surface area contributed by atoms with Gasteiger partial charge in [-0.1, -0.05) is 6.07 Å². The molecule has 0 saturated heterocycles. The highest BCUT2D eigenvalue weighted by Gasteiger charge is 2.30. The lowest BCUT2D eigenvalue weighted by Gasteiger charge is -2.18. The zero-order valence-corrected chi connectivity index (χ0v) is 11.9. The minimum Gasteiger partial charge on any atom is -0.504 e. The van der Waals surface area contributed by atoms with Crippen LogP contribution in [0.5, 0.6) is 11.5 Å². The number of phenols is 1. The second-order valence-electron chi connectivity index (χ2n) is 4.79. The van der Waals surface area contributed by atoms with Crippen molar-refractivity contribution in [2.75, 3.05) is 13.2 Å². The number of hydrogen-bond donors (Lipinski definition) is 2. The van der Waals surface area contributed by atoms with E-state index in [1.165, 1.54) is 0 Å². The number of rotatable bonds is 7. The fraction of sp³-hybridized carbons (Fsp3) is 0.533. The second-order valence-corrected chi connectivity index (χ2v) is 4.79. The van der Waals surface area contributed by atoms with Crippen LogP contribution in [0.4, 0.5) is 0 Å². The Kier molecular flexibility index (Phi) is 4.84. The summed E-state index contributed by atoms with van der Waals surface area (Å²) in [6, 6.07) is 4.81. The number of carbonyl (C=O) groups excluding carboxylic acids is 1. The molecule has 2 N–H and O–H groups in total. The molecule has 0 heterocycles. The highest BCUT2D eigenvalue weighted by Crippen LogP contribution is 2.31. The Hall–Kier alpha value is -1.75. The number of esters is 1. The van der Waals surface area contributed by atoms with Crippen molar-refractivity contribution in [1.29, 1.82) is 0 Å². The van der Waals surface area contributed by atoms with Crippen molar-refractivity contribution in [2.24, 2.45) is 0 Å². The lowest BCUT2D eigenvalue weighted by Crippen LogP contribution is -2.31. The van der Waals surface area contributed by atoms with E-state index in [9.17, 15) is 9.90 Å². The summed E-state index contributed by atoms with van der Waals surface area (Å²) >= 11 is 0. The first kappa shape index (κ1) is 14.7. The van der Waals surface area contributed by atoms with Gasteiger partial charge >= 0.3 is 5.97 Å². The zero-order valence-electron chi connectivity index (χ0n) is 11.9. The van der Waals surface area contributed by atoms with Crippen LogP contribution in [0.1, 0.15) is 38.3 Å². The Balaban J connectivity index is 2.22. The summed E-state index contributed by atoms with van der Waals surface area (Å²) in [5.74, 6) is 0.161. The van der Waals surface area contributed by atoms with Crippen molar-refractivity contribution in [3.05, 3.63) is 23.8 Å². The summed E-state index contributed by atoms with van der Waals surface area (Å²) in [5, 5.41) is 13.0. The third-order valence-corrected chi connectivity index (χ3v) is 3.12. The predicted octanol–water partition coefficient (Wildman–Crippen LogP) is 2.15. The molecule has 1 atom stereocenters. The van der Waals surface area contributed by atoms with Gasteiger partial charge in [-0.15, -0.1) is 0 Å². The maximum atomic E-state index is 12.1. The third-order valence-electron chi connectivity index (χ3n) is 3.12. The van der Waals surface area contributed by atoms with E-state index in [0.29, 0.717) is 25.0 Å². The maximum absolute atomic E-state index is 12.1. The van der Waals surface area contributed by atoms with Crippen molar-refractivity contribution in [3.8, 4) is 11.5 Å². The summed E-state index contributed by atoms with van der Waals surface area (Å²) in [4.78, 5) is 12.1. The summed E-state index contributed by atoms with van der Waals surface area (Å²) in [5.41, 5.74) is 0.747. The van der Waals surface area contributed by atoms with Gasteiger partial charge in [0.1, 0.15) is 6.04 Å². The van der Waals surface area contributed by atoms with Gasteiger partial charge in [0, 0.05) is 6.04 Å². The topological polar surface area (TPSA) is 67.8 Å². The van der Waals surface area contributed by atoms with Crippen LogP contribution in [-0.2, 0) is 9.53 Å². The zero-order chi connectivity index (χ0) is 14.5. The lowest BCUT2D eigenvalue weighted by atomic mass is 10.1. The monoisotopic (exact) mass is 279 g/mol. The Morgan fingerprint density at radius 3 is 2.75 bits per heavy atom. The first-order valence-electron chi connectivity index (χ1n) is 7.04. The van der Waals surface area contributed by atoms with Crippen LogP contribution in [-0.4, -0.2) is 30.3 Å². The van der Waals surface area contributed by atoms with Gasteiger partial charge in [0.2, 0.25) is 0 Å². The number of benzene rings is 1. The van der Waals surface area contributed by atoms with Crippen molar-refractivity contribution >= 4 is 5.97 Å². The largest absolute Gasteiger partial charge is 0.504 e. The number of nitrogens with one attached hydrogen (secondary N) is 1. The molecule has 0 spiro atoms. The quantitative estimate of drug-likeness (QED) is 0.749. The number of ether oxygens (including phenoxy) is 2. The Labute approximate surface area is 118 Å². The predicted molar refractivity (Wildman–Crippen MR) is 74.8 cm³/mol. The van der Waals surface area contributed by atoms with E-state index in [0.717, 1.165) is 18.4 Å². The van der Waals surface area contributed by atoms with Crippen molar-refractivity contribution in [3.63, 3.8) is 0 Å². The fourth-order valence-electron chi connectivity index (χ4n) is 1.99. The van der Waals surface area contributed by atoms with Gasteiger partial charge in [-0.3, -0.25) is 5.32 Å². The summed E-state index contributed by atoms with van der Waals surface area (Å²) in [7, 11) is 0. The smallest absolute Gasteiger partial charge is 0.327 e. The third kappa shape index (κ3) is 3.63. The van der Waals surface area contributed by atoms with Crippen molar-refractivity contribution in [1.82, 2.24) is 5.32 Å². The molecule has 0 aliphatic heterocycles. The van der Waals surface area contributed by atoms with Crippen LogP contribution in [0.3, 0.4) is 0 Å². The standard InChI is InChI=1S/C15H21NO4/c1-3-19-13-9-10(5-8-12(13)17)14(15(18)20-4-2)16-11-6-7-11/h5,8-9,11,14,16-17H,3-4,6-7H2,1-2H3. The van der Waals surface area contributed by atoms with Crippen LogP contribution in [0.2, 0.25) is 0 Å². The molecule has 0 bridgehead atoms. The molecule has 1 aliphatic rings. The molecule has 1 saturated carbocycles. The average Bonchev–Trinajstić information content (AvgIpc) is 3.23. The van der Waals surface area contributed by atoms with Crippen molar-refractivity contribution < 1.29 is 19.4 Å². The molecule has 1 aromatic carbocycles. The SMILES string of the molecule is CCOC(=O)C(NC1CC1)c1ccc(O)c(OCC)c1. The van der Waals surface area contributed by atoms with E-state index in [2.05, 4.69) is 5.32 Å². The van der Waals surface area contributed by atoms with E-state index in [1.807, 2.05) is 6.92 Å². The van der Waals surface area contributed by atoms with Crippen LogP contribution in [0, 0.1) is 0 Å². The minimum atomic E-state index is -0.512. The fourth-order valence-corrected chi connectivity index (χ4v) is 1.99. The van der Waals surface area contributed by atoms with Crippen molar-refractivity contribution in [2.45, 2.75) is 38.8 Å². The molecule has 1 aromatic rings. The van der Waals surface area contributed by atoms with E-state index in [-0.39, 0.29) is 11.7 Å². The number of carbonyl (C=O) groups is 1. The number of aromatic hydroxyl groups is 1. The van der Waals surface area contributed by atoms with Crippen LogP contribution in [0.25, 0.3) is 0 Å². The van der Waals surface area contributed by atoms with Gasteiger partial charge < -0.3 is 14.6 Å². The summed E-state index contributed by atoms with van der Waals surface area (Å²) in [6.45, 7) is 4.43. The molecule has 1 unspecified atom stereocenters. The Morgan fingerprint density at radius 1 is 1.40 bits per heavy atom. The molecule has 2 rings (SSSR count). The molecule has 5 nitrogen and oxygen atoms in total. The van der Waals surface area contributed by atoms with Gasteiger partial charge in [-0.25, -0.2) is 4.79 Å². The first-order valence-corrected chi connectivity index (χ1v) is 7.04. The molecule has 1 aliphatic carbocycles. The molecule has 110 valence electrons. The van der Waals surface area contributed by atoms with E-state index in [1.54, 1.807) is 25.1 Å². The minimum absolute atomic E-state index is 0.0737. The van der Waals surface area contributed by atoms with Gasteiger partial charge in [0.05, 0.1) is 13.2 Å². The van der Waals surface area contributed by atoms with Gasteiger partial charge in [-0.2, -0.15) is 0 Å². The second kappa shape index (κ2) is 6.61. The van der Waals surface area contributed by atoms with Gasteiger partial charge in [0.25, 0.3) is 0 Å². The van der Waals surface area contributed by atoms with Gasteiger partial charge in [-0.05, 0) is 44.4 Å². The molecule has 20 heavy (non-hydrogen) atoms.